The Labute approximate surface area is 136 Å². The number of hydrogen-bond donors (Lipinski definition) is 2. The van der Waals surface area contributed by atoms with Gasteiger partial charge in [-0.3, -0.25) is 4.79 Å². The SMILES string of the molecule is COc1cc(NC(=O)CC2CC3CCC(C2)N3)ccc1F.Cl. The van der Waals surface area contributed by atoms with Crippen molar-refractivity contribution in [3.8, 4) is 5.75 Å². The molecule has 4 nitrogen and oxygen atoms in total. The molecule has 0 aromatic heterocycles. The van der Waals surface area contributed by atoms with Gasteiger partial charge in [0.15, 0.2) is 11.6 Å². The van der Waals surface area contributed by atoms with Crippen molar-refractivity contribution in [1.82, 2.24) is 5.32 Å². The molecule has 2 unspecified atom stereocenters. The molecule has 6 heteroatoms. The Balaban J connectivity index is 0.00000176. The fourth-order valence-corrected chi connectivity index (χ4v) is 3.55. The van der Waals surface area contributed by atoms with E-state index < -0.39 is 5.82 Å². The molecule has 0 aliphatic carbocycles. The third kappa shape index (κ3) is 3.90. The highest BCUT2D eigenvalue weighted by molar-refractivity contribution is 5.91. The summed E-state index contributed by atoms with van der Waals surface area (Å²) in [4.78, 5) is 12.1. The van der Waals surface area contributed by atoms with Crippen LogP contribution >= 0.6 is 12.4 Å². The molecule has 122 valence electrons. The van der Waals surface area contributed by atoms with E-state index in [0.717, 1.165) is 12.8 Å². The van der Waals surface area contributed by atoms with Crippen molar-refractivity contribution in [3.05, 3.63) is 24.0 Å². The molecule has 2 N–H and O–H groups in total. The lowest BCUT2D eigenvalue weighted by molar-refractivity contribution is -0.117. The van der Waals surface area contributed by atoms with Crippen LogP contribution in [0.4, 0.5) is 10.1 Å². The minimum absolute atomic E-state index is 0. The van der Waals surface area contributed by atoms with Crippen LogP contribution in [-0.4, -0.2) is 25.1 Å². The Hall–Kier alpha value is -1.33. The minimum Gasteiger partial charge on any atom is -0.494 e. The van der Waals surface area contributed by atoms with Gasteiger partial charge in [-0.15, -0.1) is 12.4 Å². The number of ether oxygens (including phenoxy) is 1. The first-order chi connectivity index (χ1) is 10.1. The molecule has 22 heavy (non-hydrogen) atoms. The maximum atomic E-state index is 13.3. The van der Waals surface area contributed by atoms with Crippen molar-refractivity contribution in [2.24, 2.45) is 5.92 Å². The molecule has 2 heterocycles. The van der Waals surface area contributed by atoms with Gasteiger partial charge in [0, 0.05) is 30.3 Å². The Morgan fingerprint density at radius 2 is 2.05 bits per heavy atom. The van der Waals surface area contributed by atoms with Crippen molar-refractivity contribution < 1.29 is 13.9 Å². The van der Waals surface area contributed by atoms with E-state index in [1.54, 1.807) is 6.07 Å². The van der Waals surface area contributed by atoms with Gasteiger partial charge in [-0.1, -0.05) is 0 Å². The van der Waals surface area contributed by atoms with E-state index in [2.05, 4.69) is 10.6 Å². The van der Waals surface area contributed by atoms with Crippen LogP contribution in [0.2, 0.25) is 0 Å². The third-order valence-corrected chi connectivity index (χ3v) is 4.48. The number of methoxy groups -OCH3 is 1. The quantitative estimate of drug-likeness (QED) is 0.893. The molecule has 2 saturated heterocycles. The Morgan fingerprint density at radius 1 is 1.36 bits per heavy atom. The van der Waals surface area contributed by atoms with Gasteiger partial charge in [0.2, 0.25) is 5.91 Å². The first-order valence-corrected chi connectivity index (χ1v) is 7.53. The summed E-state index contributed by atoms with van der Waals surface area (Å²) in [5.74, 6) is 0.166. The zero-order valence-corrected chi connectivity index (χ0v) is 13.4. The second-order valence-corrected chi connectivity index (χ2v) is 6.08. The number of hydrogen-bond acceptors (Lipinski definition) is 3. The van der Waals surface area contributed by atoms with Crippen LogP contribution in [0.1, 0.15) is 32.1 Å². The van der Waals surface area contributed by atoms with E-state index in [1.165, 1.54) is 32.1 Å². The Kier molecular flexibility index (Phi) is 5.64. The van der Waals surface area contributed by atoms with Crippen LogP contribution in [0, 0.1) is 11.7 Å². The zero-order chi connectivity index (χ0) is 14.8. The van der Waals surface area contributed by atoms with E-state index in [-0.39, 0.29) is 24.1 Å². The highest BCUT2D eigenvalue weighted by atomic mass is 35.5. The van der Waals surface area contributed by atoms with Crippen LogP contribution in [0.25, 0.3) is 0 Å². The number of benzene rings is 1. The first kappa shape index (κ1) is 17.0. The van der Waals surface area contributed by atoms with E-state index in [9.17, 15) is 9.18 Å². The number of carbonyl (C=O) groups is 1. The van der Waals surface area contributed by atoms with Crippen molar-refractivity contribution >= 4 is 24.0 Å². The summed E-state index contributed by atoms with van der Waals surface area (Å²) < 4.78 is 18.2. The zero-order valence-electron chi connectivity index (χ0n) is 12.6. The summed E-state index contributed by atoms with van der Waals surface area (Å²) in [7, 11) is 1.41. The van der Waals surface area contributed by atoms with Gasteiger partial charge in [0.25, 0.3) is 0 Å². The highest BCUT2D eigenvalue weighted by Gasteiger charge is 2.34. The number of anilines is 1. The average Bonchev–Trinajstić information content (AvgIpc) is 2.80. The average molecular weight is 329 g/mol. The van der Waals surface area contributed by atoms with E-state index in [4.69, 9.17) is 4.74 Å². The molecule has 2 fully saturated rings. The summed E-state index contributed by atoms with van der Waals surface area (Å²) in [6.07, 6.45) is 5.16. The molecule has 0 spiro atoms. The predicted molar refractivity (Wildman–Crippen MR) is 86.1 cm³/mol. The van der Waals surface area contributed by atoms with Gasteiger partial charge in [-0.2, -0.15) is 0 Å². The molecule has 1 aromatic carbocycles. The van der Waals surface area contributed by atoms with Crippen molar-refractivity contribution in [1.29, 1.82) is 0 Å². The van der Waals surface area contributed by atoms with Gasteiger partial charge in [-0.25, -0.2) is 4.39 Å². The second kappa shape index (κ2) is 7.29. The highest BCUT2D eigenvalue weighted by Crippen LogP contribution is 2.33. The normalized spacial score (nSPS) is 26.2. The summed E-state index contributed by atoms with van der Waals surface area (Å²) in [6, 6.07) is 5.56. The fraction of sp³-hybridized carbons (Fsp3) is 0.562. The maximum absolute atomic E-state index is 13.3. The molecule has 1 aromatic rings. The molecule has 1 amide bonds. The third-order valence-electron chi connectivity index (χ3n) is 4.48. The number of rotatable bonds is 4. The first-order valence-electron chi connectivity index (χ1n) is 7.53. The standard InChI is InChI=1S/C16H21FN2O2.ClH/c1-21-15-9-13(4-5-14(15)17)19-16(20)8-10-6-11-2-3-12(7-10)18-11;/h4-5,9-12,18H,2-3,6-8H2,1H3,(H,19,20);1H. The predicted octanol–water partition coefficient (Wildman–Crippen LogP) is 3.12. The molecular weight excluding hydrogens is 307 g/mol. The Morgan fingerprint density at radius 3 is 2.68 bits per heavy atom. The molecule has 2 bridgehead atoms. The lowest BCUT2D eigenvalue weighted by Crippen LogP contribution is -2.39. The molecule has 2 aliphatic heterocycles. The number of amides is 1. The number of carbonyl (C=O) groups excluding carboxylic acids is 1. The van der Waals surface area contributed by atoms with E-state index in [1.807, 2.05) is 0 Å². The summed E-state index contributed by atoms with van der Waals surface area (Å²) >= 11 is 0. The smallest absolute Gasteiger partial charge is 0.224 e. The van der Waals surface area contributed by atoms with Crippen LogP contribution in [0.3, 0.4) is 0 Å². The number of halogens is 2. The monoisotopic (exact) mass is 328 g/mol. The van der Waals surface area contributed by atoms with Gasteiger partial charge in [0.1, 0.15) is 0 Å². The van der Waals surface area contributed by atoms with Crippen molar-refractivity contribution in [3.63, 3.8) is 0 Å². The van der Waals surface area contributed by atoms with Gasteiger partial charge in [0.05, 0.1) is 7.11 Å². The fourth-order valence-electron chi connectivity index (χ4n) is 3.55. The lowest BCUT2D eigenvalue weighted by Gasteiger charge is -2.28. The van der Waals surface area contributed by atoms with Crippen molar-refractivity contribution in [2.75, 3.05) is 12.4 Å². The molecular formula is C16H22ClFN2O2. The summed E-state index contributed by atoms with van der Waals surface area (Å²) in [5, 5.41) is 6.41. The molecule has 0 radical (unpaired) electrons. The Bertz CT molecular complexity index is 529. The number of nitrogens with one attached hydrogen (secondary N) is 2. The van der Waals surface area contributed by atoms with Crippen LogP contribution in [0.15, 0.2) is 18.2 Å². The van der Waals surface area contributed by atoms with Gasteiger partial charge >= 0.3 is 0 Å². The largest absolute Gasteiger partial charge is 0.494 e. The molecule has 2 aliphatic rings. The lowest BCUT2D eigenvalue weighted by atomic mass is 9.89. The van der Waals surface area contributed by atoms with Gasteiger partial charge in [-0.05, 0) is 43.7 Å². The topological polar surface area (TPSA) is 50.4 Å². The van der Waals surface area contributed by atoms with E-state index >= 15 is 0 Å². The van der Waals surface area contributed by atoms with Crippen molar-refractivity contribution in [2.45, 2.75) is 44.2 Å². The van der Waals surface area contributed by atoms with Gasteiger partial charge < -0.3 is 15.4 Å². The minimum atomic E-state index is -0.426. The van der Waals surface area contributed by atoms with Crippen LogP contribution < -0.4 is 15.4 Å². The molecule has 3 rings (SSSR count). The molecule has 2 atom stereocenters. The van der Waals surface area contributed by atoms with Crippen LogP contribution in [0.5, 0.6) is 5.75 Å². The summed E-state index contributed by atoms with van der Waals surface area (Å²) in [6.45, 7) is 0. The van der Waals surface area contributed by atoms with Crippen LogP contribution in [-0.2, 0) is 4.79 Å². The molecule has 0 saturated carbocycles. The maximum Gasteiger partial charge on any atom is 0.224 e. The number of fused-ring (bicyclic) bond motifs is 2. The summed E-state index contributed by atoms with van der Waals surface area (Å²) in [5.41, 5.74) is 0.579. The number of piperidine rings is 1. The van der Waals surface area contributed by atoms with E-state index in [0.29, 0.717) is 30.1 Å². The second-order valence-electron chi connectivity index (χ2n) is 6.08.